The fourth-order valence-electron chi connectivity index (χ4n) is 2.51. The predicted molar refractivity (Wildman–Crippen MR) is 71.8 cm³/mol. The van der Waals surface area contributed by atoms with Crippen molar-refractivity contribution < 1.29 is 13.5 Å². The Kier molecular flexibility index (Phi) is 4.96. The minimum atomic E-state index is -2.79. The summed E-state index contributed by atoms with van der Waals surface area (Å²) in [5.74, 6) is 0.764. The van der Waals surface area contributed by atoms with E-state index in [0.29, 0.717) is 11.6 Å². The summed E-state index contributed by atoms with van der Waals surface area (Å²) in [5.41, 5.74) is 0.635. The Labute approximate surface area is 112 Å². The van der Waals surface area contributed by atoms with Crippen LogP contribution in [0.5, 0.6) is 5.75 Å². The van der Waals surface area contributed by atoms with Gasteiger partial charge >= 0.3 is 6.61 Å². The molecule has 1 aliphatic rings. The van der Waals surface area contributed by atoms with Crippen molar-refractivity contribution in [3.8, 4) is 5.75 Å². The Morgan fingerprint density at radius 3 is 2.95 bits per heavy atom. The highest BCUT2D eigenvalue weighted by molar-refractivity contribution is 5.56. The lowest BCUT2D eigenvalue weighted by molar-refractivity contribution is -0.0493. The van der Waals surface area contributed by atoms with Crippen molar-refractivity contribution in [1.29, 1.82) is 0 Å². The Morgan fingerprint density at radius 2 is 2.21 bits per heavy atom. The molecule has 0 bridgehead atoms. The number of ether oxygens (including phenoxy) is 1. The molecule has 0 aromatic heterocycles. The van der Waals surface area contributed by atoms with Crippen molar-refractivity contribution in [2.45, 2.75) is 19.5 Å². The highest BCUT2D eigenvalue weighted by atomic mass is 19.3. The van der Waals surface area contributed by atoms with Crippen molar-refractivity contribution in [2.24, 2.45) is 5.92 Å². The second-order valence-electron chi connectivity index (χ2n) is 5.03. The van der Waals surface area contributed by atoms with Gasteiger partial charge in [-0.3, -0.25) is 0 Å². The second-order valence-corrected chi connectivity index (χ2v) is 5.03. The average Bonchev–Trinajstić information content (AvgIpc) is 2.37. The molecule has 1 unspecified atom stereocenters. The van der Waals surface area contributed by atoms with Gasteiger partial charge in [-0.05, 0) is 44.5 Å². The van der Waals surface area contributed by atoms with Gasteiger partial charge in [0.2, 0.25) is 0 Å². The maximum Gasteiger partial charge on any atom is 0.387 e. The van der Waals surface area contributed by atoms with Gasteiger partial charge in [-0.2, -0.15) is 8.78 Å². The Hall–Kier alpha value is -1.36. The predicted octanol–water partition coefficient (Wildman–Crippen LogP) is 3.04. The molecule has 0 amide bonds. The number of benzene rings is 1. The normalized spacial score (nSPS) is 20.5. The van der Waals surface area contributed by atoms with Crippen molar-refractivity contribution in [3.63, 3.8) is 0 Å². The third kappa shape index (κ3) is 4.35. The fraction of sp³-hybridized carbons (Fsp3) is 0.571. The molecule has 1 saturated heterocycles. The average molecular weight is 270 g/mol. The van der Waals surface area contributed by atoms with Crippen molar-refractivity contribution in [2.75, 3.05) is 32.0 Å². The first-order valence-electron chi connectivity index (χ1n) is 6.61. The standard InChI is InChI=1S/C14H20F2N2O/c1-18-8-4-5-11(10-18)9-17-12-6-2-3-7-13(12)19-14(15)16/h2-3,6-7,11,14,17H,4-5,8-10H2,1H3. The molecule has 1 aliphatic heterocycles. The molecule has 1 heterocycles. The van der Waals surface area contributed by atoms with E-state index >= 15 is 0 Å². The minimum absolute atomic E-state index is 0.210. The molecule has 1 atom stereocenters. The van der Waals surface area contributed by atoms with Gasteiger partial charge in [-0.1, -0.05) is 12.1 Å². The number of anilines is 1. The number of alkyl halides is 2. The number of halogens is 2. The molecular formula is C14H20F2N2O. The molecule has 106 valence electrons. The van der Waals surface area contributed by atoms with Gasteiger partial charge in [0.15, 0.2) is 0 Å². The van der Waals surface area contributed by atoms with Crippen LogP contribution in [-0.4, -0.2) is 38.2 Å². The Morgan fingerprint density at radius 1 is 1.42 bits per heavy atom. The largest absolute Gasteiger partial charge is 0.433 e. The third-order valence-corrected chi connectivity index (χ3v) is 3.41. The van der Waals surface area contributed by atoms with E-state index in [1.807, 2.05) is 6.07 Å². The highest BCUT2D eigenvalue weighted by Crippen LogP contribution is 2.26. The first kappa shape index (κ1) is 14.1. The van der Waals surface area contributed by atoms with E-state index in [4.69, 9.17) is 0 Å². The van der Waals surface area contributed by atoms with E-state index in [1.165, 1.54) is 12.8 Å². The number of rotatable bonds is 5. The van der Waals surface area contributed by atoms with Crippen LogP contribution in [0, 0.1) is 5.92 Å². The van der Waals surface area contributed by atoms with Crippen LogP contribution in [0.15, 0.2) is 24.3 Å². The molecule has 0 saturated carbocycles. The Bertz CT molecular complexity index is 401. The van der Waals surface area contributed by atoms with E-state index in [2.05, 4.69) is 22.0 Å². The lowest BCUT2D eigenvalue weighted by Crippen LogP contribution is -2.35. The summed E-state index contributed by atoms with van der Waals surface area (Å²) >= 11 is 0. The van der Waals surface area contributed by atoms with E-state index in [-0.39, 0.29) is 5.75 Å². The number of piperidine rings is 1. The van der Waals surface area contributed by atoms with Crippen LogP contribution in [0.3, 0.4) is 0 Å². The molecule has 1 fully saturated rings. The van der Waals surface area contributed by atoms with Crippen molar-refractivity contribution in [1.82, 2.24) is 4.90 Å². The van der Waals surface area contributed by atoms with E-state index in [1.54, 1.807) is 18.2 Å². The van der Waals surface area contributed by atoms with Gasteiger partial charge in [0.25, 0.3) is 0 Å². The molecular weight excluding hydrogens is 250 g/mol. The Balaban J connectivity index is 1.91. The lowest BCUT2D eigenvalue weighted by atomic mass is 9.98. The summed E-state index contributed by atoms with van der Waals surface area (Å²) in [6, 6.07) is 6.83. The van der Waals surface area contributed by atoms with Crippen LogP contribution in [0.4, 0.5) is 14.5 Å². The zero-order chi connectivity index (χ0) is 13.7. The van der Waals surface area contributed by atoms with E-state index in [0.717, 1.165) is 19.6 Å². The van der Waals surface area contributed by atoms with Gasteiger partial charge in [-0.15, -0.1) is 0 Å². The first-order valence-corrected chi connectivity index (χ1v) is 6.61. The number of hydrogen-bond donors (Lipinski definition) is 1. The monoisotopic (exact) mass is 270 g/mol. The molecule has 1 aromatic carbocycles. The molecule has 1 N–H and O–H groups in total. The zero-order valence-corrected chi connectivity index (χ0v) is 11.1. The van der Waals surface area contributed by atoms with Crippen LogP contribution < -0.4 is 10.1 Å². The van der Waals surface area contributed by atoms with Crippen molar-refractivity contribution >= 4 is 5.69 Å². The SMILES string of the molecule is CN1CCCC(CNc2ccccc2OC(F)F)C1. The van der Waals surface area contributed by atoms with E-state index < -0.39 is 6.61 Å². The summed E-state index contributed by atoms with van der Waals surface area (Å²) in [7, 11) is 2.11. The number of hydrogen-bond acceptors (Lipinski definition) is 3. The summed E-state index contributed by atoms with van der Waals surface area (Å²) < 4.78 is 29.1. The highest BCUT2D eigenvalue weighted by Gasteiger charge is 2.17. The van der Waals surface area contributed by atoms with Gasteiger partial charge in [0, 0.05) is 13.1 Å². The third-order valence-electron chi connectivity index (χ3n) is 3.41. The molecule has 0 radical (unpaired) electrons. The smallest absolute Gasteiger partial charge is 0.387 e. The van der Waals surface area contributed by atoms with Gasteiger partial charge in [0.1, 0.15) is 5.75 Å². The number of likely N-dealkylation sites (tertiary alicyclic amines) is 1. The summed E-state index contributed by atoms with van der Waals surface area (Å²) in [4.78, 5) is 2.30. The van der Waals surface area contributed by atoms with Crippen molar-refractivity contribution in [3.05, 3.63) is 24.3 Å². The molecule has 3 nitrogen and oxygen atoms in total. The number of para-hydroxylation sites is 2. The van der Waals surface area contributed by atoms with Gasteiger partial charge in [0.05, 0.1) is 5.69 Å². The fourth-order valence-corrected chi connectivity index (χ4v) is 2.51. The molecule has 1 aromatic rings. The molecule has 0 aliphatic carbocycles. The van der Waals surface area contributed by atoms with Crippen LogP contribution in [0.1, 0.15) is 12.8 Å². The lowest BCUT2D eigenvalue weighted by Gasteiger charge is -2.30. The van der Waals surface area contributed by atoms with Crippen LogP contribution in [0.2, 0.25) is 0 Å². The molecule has 19 heavy (non-hydrogen) atoms. The summed E-state index contributed by atoms with van der Waals surface area (Å²) in [6.45, 7) is 0.184. The second kappa shape index (κ2) is 6.70. The topological polar surface area (TPSA) is 24.5 Å². The quantitative estimate of drug-likeness (QED) is 0.890. The zero-order valence-electron chi connectivity index (χ0n) is 11.1. The first-order chi connectivity index (χ1) is 9.15. The summed E-state index contributed by atoms with van der Waals surface area (Å²) in [6.07, 6.45) is 2.37. The van der Waals surface area contributed by atoms with Crippen LogP contribution in [0.25, 0.3) is 0 Å². The minimum Gasteiger partial charge on any atom is -0.433 e. The number of nitrogens with zero attached hydrogens (tertiary/aromatic N) is 1. The van der Waals surface area contributed by atoms with Gasteiger partial charge < -0.3 is 15.0 Å². The molecule has 5 heteroatoms. The summed E-state index contributed by atoms with van der Waals surface area (Å²) in [5, 5.41) is 3.22. The maximum absolute atomic E-state index is 12.3. The van der Waals surface area contributed by atoms with Gasteiger partial charge in [-0.25, -0.2) is 0 Å². The maximum atomic E-state index is 12.3. The molecule has 0 spiro atoms. The number of nitrogens with one attached hydrogen (secondary N) is 1. The van der Waals surface area contributed by atoms with Crippen LogP contribution >= 0.6 is 0 Å². The molecule has 2 rings (SSSR count). The van der Waals surface area contributed by atoms with E-state index in [9.17, 15) is 8.78 Å². The van der Waals surface area contributed by atoms with Crippen LogP contribution in [-0.2, 0) is 0 Å².